The van der Waals surface area contributed by atoms with Crippen molar-refractivity contribution in [2.45, 2.75) is 6.92 Å². The summed E-state index contributed by atoms with van der Waals surface area (Å²) in [6.07, 6.45) is 1.35. The first-order valence-electron chi connectivity index (χ1n) is 4.23. The molecule has 1 N–H and O–H groups in total. The van der Waals surface area contributed by atoms with E-state index in [1.54, 1.807) is 6.92 Å². The van der Waals surface area contributed by atoms with Crippen molar-refractivity contribution in [2.24, 2.45) is 0 Å². The highest BCUT2D eigenvalue weighted by atomic mass is 35.5. The van der Waals surface area contributed by atoms with Crippen LogP contribution in [0.5, 0.6) is 0 Å². The van der Waals surface area contributed by atoms with Gasteiger partial charge in [0.1, 0.15) is 5.15 Å². The lowest BCUT2D eigenvalue weighted by Gasteiger charge is -2.03. The molecular formula is C9H9ClN2O3. The average Bonchev–Trinajstić information content (AvgIpc) is 2.22. The maximum Gasteiger partial charge on any atom is 0.397 e. The van der Waals surface area contributed by atoms with Crippen molar-refractivity contribution in [1.29, 1.82) is 0 Å². The number of nitrogens with zero attached hydrogens (tertiary/aromatic N) is 1. The monoisotopic (exact) mass is 228 g/mol. The van der Waals surface area contributed by atoms with Crippen molar-refractivity contribution in [3.63, 3.8) is 0 Å². The van der Waals surface area contributed by atoms with Crippen molar-refractivity contribution in [1.82, 2.24) is 4.98 Å². The lowest BCUT2D eigenvalue weighted by Crippen LogP contribution is -2.24. The summed E-state index contributed by atoms with van der Waals surface area (Å²) >= 11 is 5.55. The van der Waals surface area contributed by atoms with E-state index >= 15 is 0 Å². The van der Waals surface area contributed by atoms with Crippen molar-refractivity contribution in [2.75, 3.05) is 11.9 Å². The minimum Gasteiger partial charge on any atom is -0.459 e. The summed E-state index contributed by atoms with van der Waals surface area (Å²) in [5.41, 5.74) is 0.387. The second kappa shape index (κ2) is 5.31. The number of rotatable bonds is 2. The highest BCUT2D eigenvalue weighted by Gasteiger charge is 2.14. The number of esters is 1. The minimum absolute atomic E-state index is 0.158. The predicted molar refractivity (Wildman–Crippen MR) is 54.5 cm³/mol. The van der Waals surface area contributed by atoms with Crippen molar-refractivity contribution in [3.05, 3.63) is 23.5 Å². The Morgan fingerprint density at radius 3 is 2.80 bits per heavy atom. The summed E-state index contributed by atoms with van der Waals surface area (Å²) in [5.74, 6) is -1.76. The molecule has 5 nitrogen and oxygen atoms in total. The van der Waals surface area contributed by atoms with E-state index in [0.29, 0.717) is 10.8 Å². The molecule has 0 atom stereocenters. The van der Waals surface area contributed by atoms with Gasteiger partial charge < -0.3 is 10.1 Å². The van der Waals surface area contributed by atoms with Gasteiger partial charge in [0, 0.05) is 0 Å². The molecule has 80 valence electrons. The molecular weight excluding hydrogens is 220 g/mol. The van der Waals surface area contributed by atoms with Crippen molar-refractivity contribution < 1.29 is 14.3 Å². The molecule has 0 saturated heterocycles. The molecule has 0 saturated carbocycles. The number of hydrogen-bond acceptors (Lipinski definition) is 4. The van der Waals surface area contributed by atoms with E-state index in [1.807, 2.05) is 0 Å². The molecule has 6 heteroatoms. The molecule has 0 unspecified atom stereocenters. The maximum atomic E-state index is 11.1. The van der Waals surface area contributed by atoms with E-state index in [0.717, 1.165) is 0 Å². The molecule has 1 amide bonds. The normalized spacial score (nSPS) is 9.47. The molecule has 0 aliphatic carbocycles. The largest absolute Gasteiger partial charge is 0.459 e. The Labute approximate surface area is 91.4 Å². The number of ether oxygens (including phenoxy) is 1. The van der Waals surface area contributed by atoms with Gasteiger partial charge in [0.2, 0.25) is 0 Å². The van der Waals surface area contributed by atoms with Gasteiger partial charge in [-0.1, -0.05) is 11.6 Å². The second-order valence-electron chi connectivity index (χ2n) is 2.54. The number of carbonyl (C=O) groups is 2. The molecule has 0 bridgehead atoms. The second-order valence-corrected chi connectivity index (χ2v) is 2.93. The topological polar surface area (TPSA) is 68.3 Å². The molecule has 0 aliphatic rings. The Balaban J connectivity index is 2.58. The Morgan fingerprint density at radius 1 is 1.53 bits per heavy atom. The number of amides is 1. The lowest BCUT2D eigenvalue weighted by molar-refractivity contribution is -0.152. The van der Waals surface area contributed by atoms with Crippen LogP contribution in [0, 0.1) is 0 Å². The minimum atomic E-state index is -0.924. The molecule has 1 aromatic rings. The fourth-order valence-electron chi connectivity index (χ4n) is 0.829. The van der Waals surface area contributed by atoms with Crippen molar-refractivity contribution >= 4 is 29.2 Å². The fourth-order valence-corrected chi connectivity index (χ4v) is 0.940. The summed E-state index contributed by atoms with van der Waals surface area (Å²) < 4.78 is 4.50. The van der Waals surface area contributed by atoms with E-state index in [4.69, 9.17) is 11.6 Å². The van der Waals surface area contributed by atoms with Crippen LogP contribution in [0.25, 0.3) is 0 Å². The van der Waals surface area contributed by atoms with E-state index in [2.05, 4.69) is 15.0 Å². The third kappa shape index (κ3) is 3.55. The van der Waals surface area contributed by atoms with Gasteiger partial charge in [0.25, 0.3) is 0 Å². The van der Waals surface area contributed by atoms with Crippen LogP contribution in [-0.2, 0) is 14.3 Å². The van der Waals surface area contributed by atoms with Gasteiger partial charge in [-0.3, -0.25) is 4.79 Å². The summed E-state index contributed by atoms with van der Waals surface area (Å²) in [7, 11) is 0. The van der Waals surface area contributed by atoms with Crippen LogP contribution in [0.3, 0.4) is 0 Å². The number of nitrogens with one attached hydrogen (secondary N) is 1. The average molecular weight is 229 g/mol. The van der Waals surface area contributed by atoms with Crippen LogP contribution >= 0.6 is 11.6 Å². The Hall–Kier alpha value is -1.62. The van der Waals surface area contributed by atoms with Gasteiger partial charge in [-0.15, -0.1) is 0 Å². The summed E-state index contributed by atoms with van der Waals surface area (Å²) in [4.78, 5) is 25.8. The molecule has 0 radical (unpaired) electrons. The zero-order valence-electron chi connectivity index (χ0n) is 7.99. The molecule has 1 rings (SSSR count). The Kier molecular flexibility index (Phi) is 4.05. The van der Waals surface area contributed by atoms with Gasteiger partial charge in [0.05, 0.1) is 18.5 Å². The molecule has 0 aromatic carbocycles. The summed E-state index contributed by atoms with van der Waals surface area (Å²) in [6.45, 7) is 1.78. The van der Waals surface area contributed by atoms with Crippen molar-refractivity contribution in [3.8, 4) is 0 Å². The molecule has 0 aliphatic heterocycles. The number of halogens is 1. The zero-order valence-corrected chi connectivity index (χ0v) is 8.75. The van der Waals surface area contributed by atoms with Crippen LogP contribution in [0.1, 0.15) is 6.92 Å². The fraction of sp³-hybridized carbons (Fsp3) is 0.222. The summed E-state index contributed by atoms with van der Waals surface area (Å²) in [6, 6.07) is 3.04. The maximum absolute atomic E-state index is 11.1. The first-order chi connectivity index (χ1) is 7.13. The van der Waals surface area contributed by atoms with Gasteiger partial charge in [0.15, 0.2) is 0 Å². The molecule has 1 aromatic heterocycles. The SMILES string of the molecule is CCOC(=O)C(=O)Nc1ccc(Cl)nc1. The third-order valence-electron chi connectivity index (χ3n) is 1.45. The van der Waals surface area contributed by atoms with Crippen LogP contribution in [0.4, 0.5) is 5.69 Å². The zero-order chi connectivity index (χ0) is 11.3. The summed E-state index contributed by atoms with van der Waals surface area (Å²) in [5, 5.41) is 2.63. The van der Waals surface area contributed by atoms with E-state index in [9.17, 15) is 9.59 Å². The lowest BCUT2D eigenvalue weighted by atomic mass is 10.4. The highest BCUT2D eigenvalue weighted by molar-refractivity contribution is 6.37. The molecule has 0 fully saturated rings. The van der Waals surface area contributed by atoms with Crippen LogP contribution in [0.15, 0.2) is 18.3 Å². The van der Waals surface area contributed by atoms with Gasteiger partial charge in [-0.2, -0.15) is 0 Å². The predicted octanol–water partition coefficient (Wildman–Crippen LogP) is 1.24. The number of anilines is 1. The first kappa shape index (κ1) is 11.5. The van der Waals surface area contributed by atoms with Crippen LogP contribution in [-0.4, -0.2) is 23.5 Å². The van der Waals surface area contributed by atoms with E-state index in [-0.39, 0.29) is 6.61 Å². The molecule has 1 heterocycles. The smallest absolute Gasteiger partial charge is 0.397 e. The van der Waals surface area contributed by atoms with E-state index < -0.39 is 11.9 Å². The molecule has 0 spiro atoms. The number of aromatic nitrogens is 1. The van der Waals surface area contributed by atoms with Gasteiger partial charge >= 0.3 is 11.9 Å². The molecule has 15 heavy (non-hydrogen) atoms. The quantitative estimate of drug-likeness (QED) is 0.470. The van der Waals surface area contributed by atoms with E-state index in [1.165, 1.54) is 18.3 Å². The van der Waals surface area contributed by atoms with Gasteiger partial charge in [-0.05, 0) is 19.1 Å². The number of carbonyl (C=O) groups excluding carboxylic acids is 2. The Bertz CT molecular complexity index is 364. The third-order valence-corrected chi connectivity index (χ3v) is 1.67. The standard InChI is InChI=1S/C9H9ClN2O3/c1-2-15-9(14)8(13)12-6-3-4-7(10)11-5-6/h3-5H,2H2,1H3,(H,12,13). The van der Waals surface area contributed by atoms with Crippen LogP contribution in [0.2, 0.25) is 5.15 Å². The van der Waals surface area contributed by atoms with Gasteiger partial charge in [-0.25, -0.2) is 9.78 Å². The number of pyridine rings is 1. The number of hydrogen-bond donors (Lipinski definition) is 1. The van der Waals surface area contributed by atoms with Crippen LogP contribution < -0.4 is 5.32 Å². The Morgan fingerprint density at radius 2 is 2.27 bits per heavy atom. The highest BCUT2D eigenvalue weighted by Crippen LogP contribution is 2.09. The first-order valence-corrected chi connectivity index (χ1v) is 4.61.